The number of carbonyl (C=O) groups excluding carboxylic acids is 1. The maximum absolute atomic E-state index is 12.2. The molecule has 0 radical (unpaired) electrons. The van der Waals surface area contributed by atoms with Crippen LogP contribution in [-0.2, 0) is 18.4 Å². The van der Waals surface area contributed by atoms with E-state index in [1.807, 2.05) is 32.2 Å². The summed E-state index contributed by atoms with van der Waals surface area (Å²) in [5, 5.41) is 12.5. The Bertz CT molecular complexity index is 1060. The third-order valence-corrected chi connectivity index (χ3v) is 5.90. The molecule has 0 atom stereocenters. The molecule has 0 aliphatic carbocycles. The Morgan fingerprint density at radius 3 is 2.67 bits per heavy atom. The van der Waals surface area contributed by atoms with Crippen molar-refractivity contribution in [2.75, 3.05) is 18.2 Å². The summed E-state index contributed by atoms with van der Waals surface area (Å²) >= 11 is 13.1. The van der Waals surface area contributed by atoms with Crippen LogP contribution in [0.3, 0.4) is 0 Å². The number of aryl methyl sites for hydroxylation is 1. The number of hydrogen-bond acceptors (Lipinski definition) is 6. The van der Waals surface area contributed by atoms with Crippen LogP contribution in [0.1, 0.15) is 11.4 Å². The van der Waals surface area contributed by atoms with Crippen LogP contribution in [0.5, 0.6) is 11.5 Å². The van der Waals surface area contributed by atoms with E-state index in [0.29, 0.717) is 38.2 Å². The van der Waals surface area contributed by atoms with Gasteiger partial charge in [0.15, 0.2) is 22.5 Å². The number of nitrogens with zero attached hydrogens (tertiary/aromatic N) is 3. The molecule has 0 aliphatic heterocycles. The van der Waals surface area contributed by atoms with Gasteiger partial charge >= 0.3 is 0 Å². The van der Waals surface area contributed by atoms with Crippen LogP contribution in [0, 0.1) is 6.92 Å². The standard InChI is InChI=1S/C20H20Cl2N4O3S/c1-12-4-7-16(17(8-12)28-3)29-10-18-24-25-20(26(18)2)30-11-19(27)23-13-5-6-14(21)15(22)9-13/h4-9H,10-11H2,1-3H3,(H,23,27). The quantitative estimate of drug-likeness (QED) is 0.482. The normalized spacial score (nSPS) is 10.7. The first-order chi connectivity index (χ1) is 14.4. The van der Waals surface area contributed by atoms with Crippen molar-refractivity contribution >= 4 is 46.6 Å². The predicted octanol–water partition coefficient (Wildman–Crippen LogP) is 4.75. The van der Waals surface area contributed by atoms with Crippen molar-refractivity contribution < 1.29 is 14.3 Å². The second-order valence-corrected chi connectivity index (χ2v) is 8.12. The molecular weight excluding hydrogens is 447 g/mol. The summed E-state index contributed by atoms with van der Waals surface area (Å²) in [4.78, 5) is 12.2. The zero-order valence-electron chi connectivity index (χ0n) is 16.6. The van der Waals surface area contributed by atoms with Gasteiger partial charge in [0.25, 0.3) is 0 Å². The van der Waals surface area contributed by atoms with Crippen LogP contribution < -0.4 is 14.8 Å². The lowest BCUT2D eigenvalue weighted by molar-refractivity contribution is -0.113. The number of amides is 1. The van der Waals surface area contributed by atoms with Gasteiger partial charge in [-0.05, 0) is 42.8 Å². The molecule has 0 fully saturated rings. The van der Waals surface area contributed by atoms with Gasteiger partial charge in [0.1, 0.15) is 6.61 Å². The number of methoxy groups -OCH3 is 1. The summed E-state index contributed by atoms with van der Waals surface area (Å²) in [7, 11) is 3.42. The highest BCUT2D eigenvalue weighted by Gasteiger charge is 2.13. The molecule has 7 nitrogen and oxygen atoms in total. The molecule has 0 unspecified atom stereocenters. The van der Waals surface area contributed by atoms with E-state index in [1.54, 1.807) is 29.9 Å². The first-order valence-electron chi connectivity index (χ1n) is 8.90. The van der Waals surface area contributed by atoms with Gasteiger partial charge in [-0.2, -0.15) is 0 Å². The highest BCUT2D eigenvalue weighted by atomic mass is 35.5. The number of halogens is 2. The minimum atomic E-state index is -0.191. The van der Waals surface area contributed by atoms with Crippen molar-refractivity contribution in [2.45, 2.75) is 18.7 Å². The van der Waals surface area contributed by atoms with Gasteiger partial charge in [-0.15, -0.1) is 10.2 Å². The third-order valence-electron chi connectivity index (χ3n) is 4.14. The van der Waals surface area contributed by atoms with Gasteiger partial charge in [-0.25, -0.2) is 0 Å². The average Bonchev–Trinajstić information content (AvgIpc) is 3.07. The second kappa shape index (κ2) is 10.1. The monoisotopic (exact) mass is 466 g/mol. The van der Waals surface area contributed by atoms with E-state index in [9.17, 15) is 4.79 Å². The molecule has 0 saturated carbocycles. The van der Waals surface area contributed by atoms with Crippen molar-refractivity contribution in [2.24, 2.45) is 7.05 Å². The molecule has 1 heterocycles. The molecule has 1 aromatic heterocycles. The average molecular weight is 467 g/mol. The van der Waals surface area contributed by atoms with E-state index >= 15 is 0 Å². The van der Waals surface area contributed by atoms with Gasteiger partial charge in [-0.1, -0.05) is 41.0 Å². The first kappa shape index (κ1) is 22.3. The number of anilines is 1. The molecule has 0 aliphatic rings. The van der Waals surface area contributed by atoms with Crippen LogP contribution in [0.2, 0.25) is 10.0 Å². The summed E-state index contributed by atoms with van der Waals surface area (Å²) in [5.41, 5.74) is 1.66. The Morgan fingerprint density at radius 1 is 1.13 bits per heavy atom. The smallest absolute Gasteiger partial charge is 0.234 e. The van der Waals surface area contributed by atoms with E-state index in [0.717, 1.165) is 5.56 Å². The fourth-order valence-electron chi connectivity index (χ4n) is 2.53. The number of hydrogen-bond donors (Lipinski definition) is 1. The number of aromatic nitrogens is 3. The highest BCUT2D eigenvalue weighted by molar-refractivity contribution is 7.99. The number of benzene rings is 2. The molecule has 0 bridgehead atoms. The van der Waals surface area contributed by atoms with Crippen molar-refractivity contribution in [3.63, 3.8) is 0 Å². The number of rotatable bonds is 8. The summed E-state index contributed by atoms with van der Waals surface area (Å²) in [6, 6.07) is 10.6. The van der Waals surface area contributed by atoms with Crippen molar-refractivity contribution in [3.05, 3.63) is 57.8 Å². The third kappa shape index (κ3) is 5.59. The molecule has 0 spiro atoms. The Morgan fingerprint density at radius 2 is 1.93 bits per heavy atom. The molecular formula is C20H20Cl2N4O3S. The van der Waals surface area contributed by atoms with Crippen molar-refractivity contribution in [3.8, 4) is 11.5 Å². The van der Waals surface area contributed by atoms with E-state index in [1.165, 1.54) is 11.8 Å². The van der Waals surface area contributed by atoms with Gasteiger partial charge in [0.05, 0.1) is 22.9 Å². The fourth-order valence-corrected chi connectivity index (χ4v) is 3.56. The second-order valence-electron chi connectivity index (χ2n) is 6.37. The molecule has 3 rings (SSSR count). The molecule has 1 amide bonds. The minimum absolute atomic E-state index is 0.166. The summed E-state index contributed by atoms with van der Waals surface area (Å²) < 4.78 is 13.0. The molecule has 30 heavy (non-hydrogen) atoms. The summed E-state index contributed by atoms with van der Waals surface area (Å²) in [5.74, 6) is 1.89. The van der Waals surface area contributed by atoms with Crippen LogP contribution >= 0.6 is 35.0 Å². The number of nitrogens with one attached hydrogen (secondary N) is 1. The van der Waals surface area contributed by atoms with Crippen molar-refractivity contribution in [1.82, 2.24) is 14.8 Å². The zero-order valence-corrected chi connectivity index (χ0v) is 18.9. The van der Waals surface area contributed by atoms with Crippen LogP contribution in [0.4, 0.5) is 5.69 Å². The molecule has 10 heteroatoms. The maximum atomic E-state index is 12.2. The molecule has 2 aromatic carbocycles. The molecule has 3 aromatic rings. The topological polar surface area (TPSA) is 78.3 Å². The lowest BCUT2D eigenvalue weighted by Crippen LogP contribution is -2.14. The first-order valence-corrected chi connectivity index (χ1v) is 10.6. The highest BCUT2D eigenvalue weighted by Crippen LogP contribution is 2.29. The van der Waals surface area contributed by atoms with Gasteiger partial charge in [0.2, 0.25) is 5.91 Å². The lowest BCUT2D eigenvalue weighted by Gasteiger charge is -2.11. The molecule has 0 saturated heterocycles. The molecule has 1 N–H and O–H groups in total. The van der Waals surface area contributed by atoms with E-state index < -0.39 is 0 Å². The Labute approximate surface area is 188 Å². The molecule has 158 valence electrons. The summed E-state index contributed by atoms with van der Waals surface area (Å²) in [6.07, 6.45) is 0. The van der Waals surface area contributed by atoms with Crippen LogP contribution in [0.25, 0.3) is 0 Å². The number of ether oxygens (including phenoxy) is 2. The van der Waals surface area contributed by atoms with Crippen molar-refractivity contribution in [1.29, 1.82) is 0 Å². The minimum Gasteiger partial charge on any atom is -0.493 e. The maximum Gasteiger partial charge on any atom is 0.234 e. The Hall–Kier alpha value is -2.42. The predicted molar refractivity (Wildman–Crippen MR) is 119 cm³/mol. The van der Waals surface area contributed by atoms with Gasteiger partial charge in [-0.3, -0.25) is 4.79 Å². The van der Waals surface area contributed by atoms with Crippen LogP contribution in [0.15, 0.2) is 41.6 Å². The lowest BCUT2D eigenvalue weighted by atomic mass is 10.2. The number of carbonyl (C=O) groups is 1. The van der Waals surface area contributed by atoms with Gasteiger partial charge in [0, 0.05) is 12.7 Å². The van der Waals surface area contributed by atoms with E-state index in [4.69, 9.17) is 32.7 Å². The van der Waals surface area contributed by atoms with Crippen LogP contribution in [-0.4, -0.2) is 33.5 Å². The Balaban J connectivity index is 1.56. The number of thioether (sulfide) groups is 1. The fraction of sp³-hybridized carbons (Fsp3) is 0.250. The van der Waals surface area contributed by atoms with Gasteiger partial charge < -0.3 is 19.4 Å². The zero-order chi connectivity index (χ0) is 21.7. The summed E-state index contributed by atoms with van der Waals surface area (Å²) in [6.45, 7) is 2.20. The van der Waals surface area contributed by atoms with E-state index in [-0.39, 0.29) is 18.3 Å². The SMILES string of the molecule is COc1cc(C)ccc1OCc1nnc(SCC(=O)Nc2ccc(Cl)c(Cl)c2)n1C. The van der Waals surface area contributed by atoms with E-state index in [2.05, 4.69) is 15.5 Å². The Kier molecular flexibility index (Phi) is 7.47. The largest absolute Gasteiger partial charge is 0.493 e.